The summed E-state index contributed by atoms with van der Waals surface area (Å²) in [4.78, 5) is 0. The summed E-state index contributed by atoms with van der Waals surface area (Å²) >= 11 is 0. The van der Waals surface area contributed by atoms with Crippen molar-refractivity contribution in [2.75, 3.05) is 0 Å². The minimum atomic E-state index is -4.53. The van der Waals surface area contributed by atoms with E-state index in [1.807, 2.05) is 0 Å². The predicted molar refractivity (Wildman–Crippen MR) is 80.0 cm³/mol. The second kappa shape index (κ2) is 6.47. The zero-order valence-corrected chi connectivity index (χ0v) is 14.1. The lowest BCUT2D eigenvalue weighted by atomic mass is 9.67. The van der Waals surface area contributed by atoms with Crippen molar-refractivity contribution in [3.8, 4) is 0 Å². The average molecular weight is 308 g/mol. The van der Waals surface area contributed by atoms with Gasteiger partial charge in [0.15, 0.2) is 5.60 Å². The molecule has 1 rings (SSSR count). The van der Waals surface area contributed by atoms with E-state index in [0.29, 0.717) is 24.7 Å². The van der Waals surface area contributed by atoms with E-state index in [9.17, 15) is 18.3 Å². The van der Waals surface area contributed by atoms with E-state index in [4.69, 9.17) is 0 Å². The third-order valence-corrected chi connectivity index (χ3v) is 5.21. The molecule has 0 heterocycles. The Hall–Kier alpha value is -0.250. The Bertz CT molecular complexity index is 320. The van der Waals surface area contributed by atoms with Gasteiger partial charge in [-0.1, -0.05) is 34.1 Å². The molecule has 1 nitrogen and oxygen atoms in total. The maximum atomic E-state index is 12.9. The lowest BCUT2D eigenvalue weighted by Gasteiger charge is -2.41. The second-order valence-corrected chi connectivity index (χ2v) is 8.19. The molecule has 1 N–H and O–H groups in total. The van der Waals surface area contributed by atoms with Gasteiger partial charge in [-0.3, -0.25) is 0 Å². The summed E-state index contributed by atoms with van der Waals surface area (Å²) in [6.07, 6.45) is 0.267. The monoisotopic (exact) mass is 308 g/mol. The molecule has 0 radical (unpaired) electrons. The number of alkyl halides is 3. The molecule has 0 aromatic rings. The van der Waals surface area contributed by atoms with Crippen molar-refractivity contribution in [1.82, 2.24) is 0 Å². The van der Waals surface area contributed by atoms with Crippen LogP contribution in [0.5, 0.6) is 0 Å². The minimum Gasteiger partial charge on any atom is -0.380 e. The topological polar surface area (TPSA) is 20.2 Å². The molecule has 126 valence electrons. The zero-order valence-electron chi connectivity index (χ0n) is 14.1. The Balaban J connectivity index is 2.63. The molecule has 21 heavy (non-hydrogen) atoms. The van der Waals surface area contributed by atoms with Gasteiger partial charge in [-0.15, -0.1) is 0 Å². The molecule has 0 spiro atoms. The molecular formula is C17H31F3O. The summed E-state index contributed by atoms with van der Waals surface area (Å²) in [7, 11) is 0. The SMILES string of the molecule is CCC(CC(C)(C)C)C1CCC(C(C)(O)C(F)(F)F)CC1. The van der Waals surface area contributed by atoms with Crippen LogP contribution < -0.4 is 0 Å². The van der Waals surface area contributed by atoms with Crippen LogP contribution in [0.1, 0.15) is 73.1 Å². The molecule has 2 atom stereocenters. The lowest BCUT2D eigenvalue weighted by Crippen LogP contribution is -2.50. The highest BCUT2D eigenvalue weighted by Gasteiger charge is 2.55. The maximum absolute atomic E-state index is 12.9. The Morgan fingerprint density at radius 2 is 1.48 bits per heavy atom. The van der Waals surface area contributed by atoms with Gasteiger partial charge in [-0.05, 0) is 62.2 Å². The van der Waals surface area contributed by atoms with Crippen LogP contribution in [0, 0.1) is 23.2 Å². The number of hydrogen-bond donors (Lipinski definition) is 1. The molecular weight excluding hydrogens is 277 g/mol. The van der Waals surface area contributed by atoms with Crippen molar-refractivity contribution >= 4 is 0 Å². The van der Waals surface area contributed by atoms with E-state index < -0.39 is 17.7 Å². The van der Waals surface area contributed by atoms with Gasteiger partial charge in [-0.2, -0.15) is 13.2 Å². The molecule has 1 saturated carbocycles. The summed E-state index contributed by atoms with van der Waals surface area (Å²) in [6, 6.07) is 0. The predicted octanol–water partition coefficient (Wildman–Crippen LogP) is 5.57. The summed E-state index contributed by atoms with van der Waals surface area (Å²) in [5.74, 6) is 0.442. The largest absolute Gasteiger partial charge is 0.417 e. The van der Waals surface area contributed by atoms with Gasteiger partial charge in [0, 0.05) is 0 Å². The molecule has 0 saturated heterocycles. The fourth-order valence-corrected chi connectivity index (χ4v) is 3.82. The summed E-state index contributed by atoms with van der Waals surface area (Å²) in [6.45, 7) is 9.76. The smallest absolute Gasteiger partial charge is 0.380 e. The van der Waals surface area contributed by atoms with Gasteiger partial charge in [0.1, 0.15) is 0 Å². The number of aliphatic hydroxyl groups is 1. The first-order valence-electron chi connectivity index (χ1n) is 8.17. The Kier molecular flexibility index (Phi) is 5.79. The Morgan fingerprint density at radius 3 is 1.81 bits per heavy atom. The fraction of sp³-hybridized carbons (Fsp3) is 1.00. The van der Waals surface area contributed by atoms with E-state index in [0.717, 1.165) is 32.6 Å². The second-order valence-electron chi connectivity index (χ2n) is 8.19. The van der Waals surface area contributed by atoms with Crippen molar-refractivity contribution in [2.45, 2.75) is 84.9 Å². The van der Waals surface area contributed by atoms with Crippen LogP contribution in [0.15, 0.2) is 0 Å². The summed E-state index contributed by atoms with van der Waals surface area (Å²) < 4.78 is 38.7. The Labute approximate surface area is 127 Å². The van der Waals surface area contributed by atoms with E-state index in [1.165, 1.54) is 0 Å². The van der Waals surface area contributed by atoms with Crippen LogP contribution in [-0.4, -0.2) is 16.9 Å². The van der Waals surface area contributed by atoms with E-state index in [-0.39, 0.29) is 5.41 Å². The minimum absolute atomic E-state index is 0.259. The molecule has 1 aliphatic carbocycles. The lowest BCUT2D eigenvalue weighted by molar-refractivity contribution is -0.275. The summed E-state index contributed by atoms with van der Waals surface area (Å²) in [5, 5.41) is 9.82. The summed E-state index contributed by atoms with van der Waals surface area (Å²) in [5.41, 5.74) is -2.28. The molecule has 0 aliphatic heterocycles. The normalized spacial score (nSPS) is 29.0. The first-order chi connectivity index (χ1) is 9.38. The van der Waals surface area contributed by atoms with Gasteiger partial charge >= 0.3 is 6.18 Å². The van der Waals surface area contributed by atoms with Gasteiger partial charge < -0.3 is 5.11 Å². The van der Waals surface area contributed by atoms with E-state index in [2.05, 4.69) is 27.7 Å². The molecule has 2 unspecified atom stereocenters. The van der Waals surface area contributed by atoms with Crippen molar-refractivity contribution in [1.29, 1.82) is 0 Å². The van der Waals surface area contributed by atoms with Gasteiger partial charge in [-0.25, -0.2) is 0 Å². The van der Waals surface area contributed by atoms with Crippen LogP contribution in [0.3, 0.4) is 0 Å². The molecule has 0 aromatic carbocycles. The van der Waals surface area contributed by atoms with E-state index in [1.54, 1.807) is 0 Å². The number of hydrogen-bond acceptors (Lipinski definition) is 1. The molecule has 0 aromatic heterocycles. The van der Waals surface area contributed by atoms with Gasteiger partial charge in [0.2, 0.25) is 0 Å². The van der Waals surface area contributed by atoms with Crippen molar-refractivity contribution in [2.24, 2.45) is 23.2 Å². The average Bonchev–Trinajstić information content (AvgIpc) is 2.33. The van der Waals surface area contributed by atoms with Crippen molar-refractivity contribution in [3.05, 3.63) is 0 Å². The first kappa shape index (κ1) is 18.8. The third kappa shape index (κ3) is 4.87. The highest BCUT2D eigenvalue weighted by atomic mass is 19.4. The van der Waals surface area contributed by atoms with Crippen LogP contribution in [-0.2, 0) is 0 Å². The molecule has 0 amide bonds. The van der Waals surface area contributed by atoms with Crippen LogP contribution in [0.4, 0.5) is 13.2 Å². The van der Waals surface area contributed by atoms with Crippen molar-refractivity contribution < 1.29 is 18.3 Å². The van der Waals surface area contributed by atoms with Crippen LogP contribution in [0.25, 0.3) is 0 Å². The maximum Gasteiger partial charge on any atom is 0.417 e. The third-order valence-electron chi connectivity index (χ3n) is 5.21. The number of rotatable bonds is 4. The van der Waals surface area contributed by atoms with Crippen LogP contribution >= 0.6 is 0 Å². The molecule has 1 aliphatic rings. The molecule has 4 heteroatoms. The molecule has 0 bridgehead atoms. The van der Waals surface area contributed by atoms with Crippen molar-refractivity contribution in [3.63, 3.8) is 0 Å². The standard InChI is InChI=1S/C17H31F3O/c1-6-12(11-15(2,3)4)13-7-9-14(10-8-13)16(5,21)17(18,19)20/h12-14,21H,6-11H2,1-5H3. The highest BCUT2D eigenvalue weighted by Crippen LogP contribution is 2.46. The number of halogens is 3. The van der Waals surface area contributed by atoms with Crippen LogP contribution in [0.2, 0.25) is 0 Å². The van der Waals surface area contributed by atoms with Gasteiger partial charge in [0.05, 0.1) is 0 Å². The molecule has 1 fully saturated rings. The Morgan fingerprint density at radius 1 is 1.00 bits per heavy atom. The fourth-order valence-electron chi connectivity index (χ4n) is 3.82. The quantitative estimate of drug-likeness (QED) is 0.720. The first-order valence-corrected chi connectivity index (χ1v) is 8.17. The van der Waals surface area contributed by atoms with E-state index >= 15 is 0 Å². The highest BCUT2D eigenvalue weighted by molar-refractivity contribution is 4.92. The van der Waals surface area contributed by atoms with Gasteiger partial charge in [0.25, 0.3) is 0 Å². The zero-order chi connectivity index (χ0) is 16.5.